The Morgan fingerprint density at radius 1 is 1.35 bits per heavy atom. The summed E-state index contributed by atoms with van der Waals surface area (Å²) in [6.07, 6.45) is 5.42. The second-order valence-corrected chi connectivity index (χ2v) is 6.94. The number of fused-ring (bicyclic) bond motifs is 2. The number of aromatic hydroxyl groups is 1. The molecule has 5 nitrogen and oxygen atoms in total. The number of carbonyl (C=O) groups excluding carboxylic acids is 1. The van der Waals surface area contributed by atoms with Crippen molar-refractivity contribution in [1.29, 1.82) is 0 Å². The predicted molar refractivity (Wildman–Crippen MR) is 88.4 cm³/mol. The van der Waals surface area contributed by atoms with Crippen LogP contribution >= 0.6 is 0 Å². The molecule has 1 aromatic rings. The summed E-state index contributed by atoms with van der Waals surface area (Å²) >= 11 is 0. The Morgan fingerprint density at radius 3 is 2.70 bits per heavy atom. The molecule has 2 saturated heterocycles. The van der Waals surface area contributed by atoms with Gasteiger partial charge in [-0.05, 0) is 49.3 Å². The summed E-state index contributed by atoms with van der Waals surface area (Å²) in [5, 5.41) is 13.3. The molecule has 2 fully saturated rings. The van der Waals surface area contributed by atoms with Crippen LogP contribution in [0.3, 0.4) is 0 Å². The Morgan fingerprint density at radius 2 is 2.04 bits per heavy atom. The molecule has 23 heavy (non-hydrogen) atoms. The molecule has 0 saturated carbocycles. The zero-order valence-corrected chi connectivity index (χ0v) is 13.9. The summed E-state index contributed by atoms with van der Waals surface area (Å²) in [5.74, 6) is 1.27. The van der Waals surface area contributed by atoms with Crippen LogP contribution in [0.2, 0.25) is 0 Å². The Kier molecular flexibility index (Phi) is 4.76. The van der Waals surface area contributed by atoms with Crippen molar-refractivity contribution < 1.29 is 14.6 Å². The van der Waals surface area contributed by atoms with Crippen LogP contribution in [0.25, 0.3) is 0 Å². The van der Waals surface area contributed by atoms with Crippen LogP contribution in [-0.4, -0.2) is 42.2 Å². The first kappa shape index (κ1) is 16.1. The van der Waals surface area contributed by atoms with Crippen LogP contribution < -0.4 is 10.1 Å². The van der Waals surface area contributed by atoms with Gasteiger partial charge in [0.2, 0.25) is 5.91 Å². The highest BCUT2D eigenvalue weighted by Gasteiger charge is 2.34. The molecule has 1 amide bonds. The minimum Gasteiger partial charge on any atom is -0.504 e. The van der Waals surface area contributed by atoms with Crippen molar-refractivity contribution in [3.63, 3.8) is 0 Å². The molecule has 2 unspecified atom stereocenters. The minimum absolute atomic E-state index is 0.121. The average molecular weight is 318 g/mol. The van der Waals surface area contributed by atoms with E-state index in [-0.39, 0.29) is 11.7 Å². The molecule has 0 radical (unpaired) electrons. The maximum absolute atomic E-state index is 12.5. The number of piperidine rings is 1. The number of rotatable bonds is 5. The summed E-state index contributed by atoms with van der Waals surface area (Å²) in [4.78, 5) is 14.3. The number of phenols is 1. The number of ether oxygens (including phenoxy) is 1. The summed E-state index contributed by atoms with van der Waals surface area (Å²) in [6.45, 7) is 0.535. The van der Waals surface area contributed by atoms with Crippen molar-refractivity contribution in [3.05, 3.63) is 23.8 Å². The number of hydrogen-bond acceptors (Lipinski definition) is 4. The fourth-order valence-electron chi connectivity index (χ4n) is 3.93. The van der Waals surface area contributed by atoms with Gasteiger partial charge in [-0.2, -0.15) is 0 Å². The van der Waals surface area contributed by atoms with Gasteiger partial charge in [-0.3, -0.25) is 4.79 Å². The summed E-state index contributed by atoms with van der Waals surface area (Å²) in [5.41, 5.74) is 0.959. The Balaban J connectivity index is 1.55. The van der Waals surface area contributed by atoms with Gasteiger partial charge in [0, 0.05) is 32.1 Å². The number of methoxy groups -OCH3 is 1. The third kappa shape index (κ3) is 3.78. The van der Waals surface area contributed by atoms with Gasteiger partial charge in [-0.15, -0.1) is 0 Å². The van der Waals surface area contributed by atoms with Gasteiger partial charge in [0.05, 0.1) is 7.11 Å². The van der Waals surface area contributed by atoms with Crippen molar-refractivity contribution in [1.82, 2.24) is 10.2 Å². The standard InChI is InChI=1S/C18H26N2O3/c1-20(11-12-3-6-16(21)17(9-12)23-2)18(22)10-13-7-14-4-5-15(8-13)19-14/h3,6,9,13-15,19,21H,4-5,7-8,10-11H2,1-2H3. The van der Waals surface area contributed by atoms with Gasteiger partial charge >= 0.3 is 0 Å². The molecule has 2 N–H and O–H groups in total. The molecule has 2 aliphatic rings. The number of nitrogens with zero attached hydrogens (tertiary/aromatic N) is 1. The van der Waals surface area contributed by atoms with E-state index in [0.29, 0.717) is 36.7 Å². The molecule has 2 atom stereocenters. The first-order valence-electron chi connectivity index (χ1n) is 8.41. The number of phenolic OH excluding ortho intramolecular Hbond substituents is 1. The van der Waals surface area contributed by atoms with E-state index in [4.69, 9.17) is 4.74 Å². The maximum Gasteiger partial charge on any atom is 0.222 e. The summed E-state index contributed by atoms with van der Waals surface area (Å²) in [6, 6.07) is 6.46. The topological polar surface area (TPSA) is 61.8 Å². The average Bonchev–Trinajstić information content (AvgIpc) is 2.87. The van der Waals surface area contributed by atoms with E-state index >= 15 is 0 Å². The Hall–Kier alpha value is -1.75. The predicted octanol–water partition coefficient (Wildman–Crippen LogP) is 2.28. The number of benzene rings is 1. The molecule has 1 aromatic carbocycles. The molecule has 2 bridgehead atoms. The van der Waals surface area contributed by atoms with E-state index in [1.807, 2.05) is 13.1 Å². The van der Waals surface area contributed by atoms with Crippen molar-refractivity contribution in [3.8, 4) is 11.5 Å². The van der Waals surface area contributed by atoms with Crippen LogP contribution in [0, 0.1) is 5.92 Å². The molecule has 0 spiro atoms. The molecule has 126 valence electrons. The smallest absolute Gasteiger partial charge is 0.222 e. The van der Waals surface area contributed by atoms with Crippen molar-refractivity contribution in [2.45, 2.75) is 50.7 Å². The Bertz CT molecular complexity index is 563. The van der Waals surface area contributed by atoms with E-state index in [9.17, 15) is 9.90 Å². The van der Waals surface area contributed by atoms with Crippen LogP contribution in [0.4, 0.5) is 0 Å². The second kappa shape index (κ2) is 6.79. The SMILES string of the molecule is COc1cc(CN(C)C(=O)CC2CC3CCC(C2)N3)ccc1O. The van der Waals surface area contributed by atoms with Crippen LogP contribution in [0.5, 0.6) is 11.5 Å². The maximum atomic E-state index is 12.5. The zero-order valence-electron chi connectivity index (χ0n) is 13.9. The zero-order chi connectivity index (χ0) is 16.4. The molecular formula is C18H26N2O3. The molecule has 5 heteroatoms. The highest BCUT2D eigenvalue weighted by molar-refractivity contribution is 5.76. The third-order valence-corrected chi connectivity index (χ3v) is 5.12. The number of hydrogen-bond donors (Lipinski definition) is 2. The largest absolute Gasteiger partial charge is 0.504 e. The van der Waals surface area contributed by atoms with Crippen LogP contribution in [0.1, 0.15) is 37.7 Å². The second-order valence-electron chi connectivity index (χ2n) is 6.94. The van der Waals surface area contributed by atoms with E-state index in [2.05, 4.69) is 5.32 Å². The molecule has 0 aromatic heterocycles. The van der Waals surface area contributed by atoms with E-state index in [1.165, 1.54) is 20.0 Å². The lowest BCUT2D eigenvalue weighted by Crippen LogP contribution is -2.39. The van der Waals surface area contributed by atoms with Crippen molar-refractivity contribution >= 4 is 5.91 Å². The number of carbonyl (C=O) groups is 1. The van der Waals surface area contributed by atoms with Crippen molar-refractivity contribution in [2.24, 2.45) is 5.92 Å². The fourth-order valence-corrected chi connectivity index (χ4v) is 3.93. The van der Waals surface area contributed by atoms with E-state index < -0.39 is 0 Å². The summed E-state index contributed by atoms with van der Waals surface area (Å²) in [7, 11) is 3.37. The number of nitrogens with one attached hydrogen (secondary N) is 1. The normalized spacial score (nSPS) is 26.1. The van der Waals surface area contributed by atoms with Gasteiger partial charge in [-0.1, -0.05) is 6.07 Å². The number of amides is 1. The van der Waals surface area contributed by atoms with E-state index in [1.54, 1.807) is 17.0 Å². The lowest BCUT2D eigenvalue weighted by atomic mass is 9.89. The quantitative estimate of drug-likeness (QED) is 0.874. The van der Waals surface area contributed by atoms with Gasteiger partial charge in [0.15, 0.2) is 11.5 Å². The van der Waals surface area contributed by atoms with Crippen LogP contribution in [-0.2, 0) is 11.3 Å². The lowest BCUT2D eigenvalue weighted by molar-refractivity contribution is -0.131. The molecular weight excluding hydrogens is 292 g/mol. The van der Waals surface area contributed by atoms with Gasteiger partial charge < -0.3 is 20.1 Å². The Labute approximate surface area is 137 Å². The minimum atomic E-state index is 0.121. The van der Waals surface area contributed by atoms with Crippen molar-refractivity contribution in [2.75, 3.05) is 14.2 Å². The molecule has 3 rings (SSSR count). The molecule has 0 aliphatic carbocycles. The lowest BCUT2D eigenvalue weighted by Gasteiger charge is -2.30. The first-order chi connectivity index (χ1) is 11.0. The van der Waals surface area contributed by atoms with Gasteiger partial charge in [-0.25, -0.2) is 0 Å². The van der Waals surface area contributed by atoms with Crippen LogP contribution in [0.15, 0.2) is 18.2 Å². The third-order valence-electron chi connectivity index (χ3n) is 5.12. The molecule has 2 aliphatic heterocycles. The molecule has 2 heterocycles. The highest BCUT2D eigenvalue weighted by atomic mass is 16.5. The van der Waals surface area contributed by atoms with Gasteiger partial charge in [0.25, 0.3) is 0 Å². The monoisotopic (exact) mass is 318 g/mol. The fraction of sp³-hybridized carbons (Fsp3) is 0.611. The highest BCUT2D eigenvalue weighted by Crippen LogP contribution is 2.33. The van der Waals surface area contributed by atoms with Gasteiger partial charge in [0.1, 0.15) is 0 Å². The summed E-state index contributed by atoms with van der Waals surface area (Å²) < 4.78 is 5.12. The van der Waals surface area contributed by atoms with E-state index in [0.717, 1.165) is 18.4 Å². The first-order valence-corrected chi connectivity index (χ1v) is 8.41.